The Morgan fingerprint density at radius 1 is 0.760 bits per heavy atom. The van der Waals surface area contributed by atoms with Gasteiger partial charge in [-0.15, -0.1) is 0 Å². The van der Waals surface area contributed by atoms with Crippen molar-refractivity contribution in [3.63, 3.8) is 0 Å². The highest BCUT2D eigenvalue weighted by Crippen LogP contribution is 2.21. The van der Waals surface area contributed by atoms with Gasteiger partial charge in [0.05, 0.1) is 7.11 Å². The third kappa shape index (κ3) is 4.58. The van der Waals surface area contributed by atoms with Crippen molar-refractivity contribution in [3.05, 3.63) is 96.1 Å². The predicted molar refractivity (Wildman–Crippen MR) is 99.3 cm³/mol. The van der Waals surface area contributed by atoms with Crippen LogP contribution in [0.2, 0.25) is 0 Å². The summed E-state index contributed by atoms with van der Waals surface area (Å²) in [5.41, 5.74) is 1.56. The Balaban J connectivity index is 1.64. The largest absolute Gasteiger partial charge is 0.497 e. The Bertz CT molecular complexity index is 848. The number of hydrogen-bond acceptors (Lipinski definition) is 3. The molecule has 3 rings (SSSR count). The quantitative estimate of drug-likeness (QED) is 0.449. The minimum absolute atomic E-state index is 0.0536. The molecule has 3 heteroatoms. The first kappa shape index (κ1) is 16.5. The van der Waals surface area contributed by atoms with Crippen LogP contribution in [0.5, 0.6) is 17.2 Å². The van der Waals surface area contributed by atoms with Crippen LogP contribution < -0.4 is 9.47 Å². The first-order valence-corrected chi connectivity index (χ1v) is 7.94. The summed E-state index contributed by atoms with van der Waals surface area (Å²) in [4.78, 5) is 12.3. The van der Waals surface area contributed by atoms with Crippen LogP contribution >= 0.6 is 0 Å². The molecule has 0 unspecified atom stereocenters. The Morgan fingerprint density at radius 2 is 1.36 bits per heavy atom. The van der Waals surface area contributed by atoms with Crippen molar-refractivity contribution in [3.8, 4) is 17.2 Å². The molecule has 0 saturated heterocycles. The lowest BCUT2D eigenvalue weighted by molar-refractivity contribution is 0.104. The summed E-state index contributed by atoms with van der Waals surface area (Å²) in [5, 5.41) is 0. The molecule has 3 aromatic rings. The maximum atomic E-state index is 12.3. The molecule has 0 aromatic heterocycles. The summed E-state index contributed by atoms with van der Waals surface area (Å²) < 4.78 is 10.8. The number of para-hydroxylation sites is 1. The van der Waals surface area contributed by atoms with Crippen molar-refractivity contribution in [1.29, 1.82) is 0 Å². The van der Waals surface area contributed by atoms with Gasteiger partial charge in [-0.05, 0) is 60.2 Å². The van der Waals surface area contributed by atoms with Crippen LogP contribution in [0.15, 0.2) is 84.9 Å². The zero-order valence-corrected chi connectivity index (χ0v) is 13.9. The first-order valence-electron chi connectivity index (χ1n) is 7.94. The van der Waals surface area contributed by atoms with Crippen LogP contribution in [0.25, 0.3) is 6.08 Å². The number of hydrogen-bond donors (Lipinski definition) is 0. The summed E-state index contributed by atoms with van der Waals surface area (Å²) in [7, 11) is 1.62. The van der Waals surface area contributed by atoms with E-state index in [1.807, 2.05) is 54.6 Å². The van der Waals surface area contributed by atoms with Gasteiger partial charge in [0, 0.05) is 5.56 Å². The van der Waals surface area contributed by atoms with Crippen LogP contribution in [-0.2, 0) is 0 Å². The zero-order valence-electron chi connectivity index (χ0n) is 13.9. The van der Waals surface area contributed by atoms with Crippen LogP contribution in [0.1, 0.15) is 15.9 Å². The van der Waals surface area contributed by atoms with E-state index in [2.05, 4.69) is 0 Å². The van der Waals surface area contributed by atoms with Crippen LogP contribution in [-0.4, -0.2) is 12.9 Å². The van der Waals surface area contributed by atoms with E-state index in [-0.39, 0.29) is 5.78 Å². The molecule has 0 amide bonds. The highest BCUT2D eigenvalue weighted by atomic mass is 16.5. The summed E-state index contributed by atoms with van der Waals surface area (Å²) in [5.74, 6) is 2.20. The molecule has 0 heterocycles. The van der Waals surface area contributed by atoms with E-state index < -0.39 is 0 Å². The molecular formula is C22H18O3. The Morgan fingerprint density at radius 3 is 2.00 bits per heavy atom. The second-order valence-corrected chi connectivity index (χ2v) is 5.41. The molecule has 0 fully saturated rings. The van der Waals surface area contributed by atoms with Gasteiger partial charge in [0.25, 0.3) is 0 Å². The fraction of sp³-hybridized carbons (Fsp3) is 0.0455. The molecule has 0 atom stereocenters. The molecule has 0 saturated carbocycles. The molecule has 0 aliphatic rings. The van der Waals surface area contributed by atoms with Gasteiger partial charge < -0.3 is 9.47 Å². The third-order valence-electron chi connectivity index (χ3n) is 3.66. The number of methoxy groups -OCH3 is 1. The van der Waals surface area contributed by atoms with E-state index in [0.717, 1.165) is 17.1 Å². The molecule has 25 heavy (non-hydrogen) atoms. The highest BCUT2D eigenvalue weighted by molar-refractivity contribution is 6.06. The van der Waals surface area contributed by atoms with Gasteiger partial charge in [0.2, 0.25) is 0 Å². The molecule has 0 spiro atoms. The van der Waals surface area contributed by atoms with Gasteiger partial charge in [0.1, 0.15) is 17.2 Å². The third-order valence-corrected chi connectivity index (χ3v) is 3.66. The molecule has 0 radical (unpaired) electrons. The Labute approximate surface area is 147 Å². The van der Waals surface area contributed by atoms with Gasteiger partial charge in [-0.2, -0.15) is 0 Å². The molecule has 0 bridgehead atoms. The van der Waals surface area contributed by atoms with Crippen molar-refractivity contribution < 1.29 is 14.3 Å². The maximum Gasteiger partial charge on any atom is 0.185 e. The highest BCUT2D eigenvalue weighted by Gasteiger charge is 2.03. The Hall–Kier alpha value is -3.33. The maximum absolute atomic E-state index is 12.3. The van der Waals surface area contributed by atoms with Crippen LogP contribution in [0.4, 0.5) is 0 Å². The summed E-state index contributed by atoms with van der Waals surface area (Å²) in [6, 6.07) is 24.2. The number of allylic oxidation sites excluding steroid dienone is 1. The second kappa shape index (κ2) is 7.97. The minimum Gasteiger partial charge on any atom is -0.497 e. The fourth-order valence-electron chi connectivity index (χ4n) is 2.30. The Kier molecular flexibility index (Phi) is 5.27. The molecule has 3 aromatic carbocycles. The topological polar surface area (TPSA) is 35.5 Å². The standard InChI is InChI=1S/C22H18O3/c1-24-19-12-7-17(8-13-19)9-16-22(23)18-10-14-21(15-11-18)25-20-5-3-2-4-6-20/h2-16H,1H3/b16-9+. The molecule has 0 aliphatic heterocycles. The van der Waals surface area contributed by atoms with E-state index in [1.165, 1.54) is 0 Å². The van der Waals surface area contributed by atoms with Crippen molar-refractivity contribution in [2.24, 2.45) is 0 Å². The van der Waals surface area contributed by atoms with E-state index in [0.29, 0.717) is 11.3 Å². The average molecular weight is 330 g/mol. The van der Waals surface area contributed by atoms with Gasteiger partial charge >= 0.3 is 0 Å². The van der Waals surface area contributed by atoms with Gasteiger partial charge in [-0.3, -0.25) is 4.79 Å². The van der Waals surface area contributed by atoms with Crippen molar-refractivity contribution in [2.45, 2.75) is 0 Å². The molecule has 124 valence electrons. The average Bonchev–Trinajstić information content (AvgIpc) is 2.68. The number of ether oxygens (including phenoxy) is 2. The molecule has 3 nitrogen and oxygen atoms in total. The van der Waals surface area contributed by atoms with Gasteiger partial charge in [0.15, 0.2) is 5.78 Å². The number of benzene rings is 3. The monoisotopic (exact) mass is 330 g/mol. The van der Waals surface area contributed by atoms with Gasteiger partial charge in [-0.25, -0.2) is 0 Å². The summed E-state index contributed by atoms with van der Waals surface area (Å²) >= 11 is 0. The lowest BCUT2D eigenvalue weighted by atomic mass is 10.1. The lowest BCUT2D eigenvalue weighted by Gasteiger charge is -2.05. The van der Waals surface area contributed by atoms with Crippen LogP contribution in [0, 0.1) is 0 Å². The normalized spacial score (nSPS) is 10.6. The summed E-state index contributed by atoms with van der Waals surface area (Å²) in [6.45, 7) is 0. The lowest BCUT2D eigenvalue weighted by Crippen LogP contribution is -1.94. The van der Waals surface area contributed by atoms with Crippen LogP contribution in [0.3, 0.4) is 0 Å². The molecule has 0 N–H and O–H groups in total. The molecular weight excluding hydrogens is 312 g/mol. The van der Waals surface area contributed by atoms with Crippen molar-refractivity contribution in [2.75, 3.05) is 7.11 Å². The number of carbonyl (C=O) groups is 1. The second-order valence-electron chi connectivity index (χ2n) is 5.41. The van der Waals surface area contributed by atoms with E-state index >= 15 is 0 Å². The fourth-order valence-corrected chi connectivity index (χ4v) is 2.30. The number of carbonyl (C=O) groups excluding carboxylic acids is 1. The van der Waals surface area contributed by atoms with Crippen molar-refractivity contribution >= 4 is 11.9 Å². The van der Waals surface area contributed by atoms with E-state index in [1.54, 1.807) is 43.5 Å². The summed E-state index contributed by atoms with van der Waals surface area (Å²) in [6.07, 6.45) is 3.35. The van der Waals surface area contributed by atoms with E-state index in [4.69, 9.17) is 9.47 Å². The van der Waals surface area contributed by atoms with E-state index in [9.17, 15) is 4.79 Å². The SMILES string of the molecule is COc1ccc(/C=C/C(=O)c2ccc(Oc3ccccc3)cc2)cc1. The number of ketones is 1. The first-order chi connectivity index (χ1) is 12.2. The van der Waals surface area contributed by atoms with Gasteiger partial charge in [-0.1, -0.05) is 36.4 Å². The minimum atomic E-state index is -0.0536. The number of rotatable bonds is 6. The molecule has 0 aliphatic carbocycles. The van der Waals surface area contributed by atoms with Crippen molar-refractivity contribution in [1.82, 2.24) is 0 Å². The predicted octanol–water partition coefficient (Wildman–Crippen LogP) is 5.38. The zero-order chi connectivity index (χ0) is 17.5. The smallest absolute Gasteiger partial charge is 0.185 e.